The Morgan fingerprint density at radius 1 is 0.889 bits per heavy atom. The second-order valence-corrected chi connectivity index (χ2v) is 7.49. The summed E-state index contributed by atoms with van der Waals surface area (Å²) in [5.74, 6) is -2.14. The van der Waals surface area contributed by atoms with Gasteiger partial charge in [0.15, 0.2) is 9.84 Å². The van der Waals surface area contributed by atoms with E-state index < -0.39 is 27.7 Å². The molecule has 9 heteroatoms. The van der Waals surface area contributed by atoms with Gasteiger partial charge in [-0.3, -0.25) is 4.79 Å². The first-order valence-corrected chi connectivity index (χ1v) is 9.48. The molecule has 0 atom stereocenters. The third-order valence-corrected chi connectivity index (χ3v) is 4.72. The average molecular weight is 391 g/mol. The lowest BCUT2D eigenvalue weighted by Crippen LogP contribution is -2.17. The molecule has 0 heterocycles. The monoisotopic (exact) mass is 391 g/mol. The van der Waals surface area contributed by atoms with E-state index in [0.29, 0.717) is 0 Å². The molecule has 27 heavy (non-hydrogen) atoms. The van der Waals surface area contributed by atoms with E-state index >= 15 is 0 Å². The lowest BCUT2D eigenvalue weighted by molar-refractivity contribution is 0.0599. The maximum absolute atomic E-state index is 12.6. The zero-order valence-corrected chi connectivity index (χ0v) is 15.6. The summed E-state index contributed by atoms with van der Waals surface area (Å²) in [5.41, 5.74) is 0.0777. The second kappa shape index (κ2) is 8.00. The van der Waals surface area contributed by atoms with Gasteiger partial charge in [-0.1, -0.05) is 12.1 Å². The number of carbonyl (C=O) groups excluding carboxylic acids is 3. The molecular weight excluding hydrogens is 374 g/mol. The molecule has 0 aliphatic heterocycles. The smallest absolute Gasteiger partial charge is 0.337 e. The molecule has 8 nitrogen and oxygen atoms in total. The fourth-order valence-corrected chi connectivity index (χ4v) is 3.23. The molecule has 0 aliphatic rings. The van der Waals surface area contributed by atoms with Gasteiger partial charge in [0.25, 0.3) is 5.91 Å². The molecule has 0 saturated carbocycles. The predicted octanol–water partition coefficient (Wildman–Crippen LogP) is 1.92. The van der Waals surface area contributed by atoms with Crippen molar-refractivity contribution in [1.29, 1.82) is 0 Å². The highest BCUT2D eigenvalue weighted by atomic mass is 32.2. The Hall–Kier alpha value is -3.20. The molecular formula is C18H17NO7S. The Morgan fingerprint density at radius 3 is 1.89 bits per heavy atom. The molecule has 2 aromatic rings. The molecule has 0 bridgehead atoms. The number of rotatable bonds is 5. The van der Waals surface area contributed by atoms with Gasteiger partial charge in [0.05, 0.1) is 35.8 Å². The molecule has 0 aliphatic carbocycles. The Kier molecular flexibility index (Phi) is 5.96. The van der Waals surface area contributed by atoms with Gasteiger partial charge in [-0.15, -0.1) is 0 Å². The van der Waals surface area contributed by atoms with Crippen LogP contribution in [-0.2, 0) is 19.3 Å². The van der Waals surface area contributed by atoms with E-state index in [0.717, 1.165) is 6.26 Å². The van der Waals surface area contributed by atoms with Crippen molar-refractivity contribution in [1.82, 2.24) is 0 Å². The summed E-state index contributed by atoms with van der Waals surface area (Å²) in [5, 5.41) is 2.49. The fourth-order valence-electron chi connectivity index (χ4n) is 2.35. The normalized spacial score (nSPS) is 10.8. The summed E-state index contributed by atoms with van der Waals surface area (Å²) in [4.78, 5) is 36.0. The molecule has 2 rings (SSSR count). The van der Waals surface area contributed by atoms with Gasteiger partial charge in [-0.05, 0) is 30.3 Å². The van der Waals surface area contributed by atoms with Crippen LogP contribution in [0.1, 0.15) is 31.1 Å². The predicted molar refractivity (Wildman–Crippen MR) is 96.6 cm³/mol. The number of methoxy groups -OCH3 is 2. The number of ether oxygens (including phenoxy) is 2. The number of amides is 1. The molecule has 0 aromatic heterocycles. The lowest BCUT2D eigenvalue weighted by Gasteiger charge is -2.11. The molecule has 0 unspecified atom stereocenters. The molecule has 142 valence electrons. The number of anilines is 1. The molecule has 1 N–H and O–H groups in total. The number of hydrogen-bond acceptors (Lipinski definition) is 7. The zero-order chi connectivity index (χ0) is 20.2. The van der Waals surface area contributed by atoms with Crippen LogP contribution in [0.15, 0.2) is 47.4 Å². The number of nitrogens with one attached hydrogen (secondary N) is 1. The van der Waals surface area contributed by atoms with Crippen molar-refractivity contribution < 1.29 is 32.3 Å². The quantitative estimate of drug-likeness (QED) is 0.774. The molecule has 0 radical (unpaired) electrons. The number of esters is 2. The van der Waals surface area contributed by atoms with E-state index in [4.69, 9.17) is 0 Å². The van der Waals surface area contributed by atoms with E-state index in [9.17, 15) is 22.8 Å². The molecule has 1 amide bonds. The van der Waals surface area contributed by atoms with E-state index in [-0.39, 0.29) is 27.3 Å². The lowest BCUT2D eigenvalue weighted by atomic mass is 10.1. The fraction of sp³-hybridized carbons (Fsp3) is 0.167. The minimum Gasteiger partial charge on any atom is -0.465 e. The van der Waals surface area contributed by atoms with E-state index in [2.05, 4.69) is 14.8 Å². The van der Waals surface area contributed by atoms with Gasteiger partial charge < -0.3 is 14.8 Å². The van der Waals surface area contributed by atoms with Crippen LogP contribution in [0.4, 0.5) is 5.69 Å². The Morgan fingerprint density at radius 2 is 1.41 bits per heavy atom. The van der Waals surface area contributed by atoms with E-state index in [1.807, 2.05) is 0 Å². The van der Waals surface area contributed by atoms with Crippen molar-refractivity contribution in [2.75, 3.05) is 25.8 Å². The van der Waals surface area contributed by atoms with Crippen LogP contribution in [0.25, 0.3) is 0 Å². The van der Waals surface area contributed by atoms with Gasteiger partial charge in [0.1, 0.15) is 0 Å². The van der Waals surface area contributed by atoms with Crippen molar-refractivity contribution in [3.05, 3.63) is 59.2 Å². The maximum atomic E-state index is 12.6. The number of benzene rings is 2. The third kappa shape index (κ3) is 4.70. The van der Waals surface area contributed by atoms with E-state index in [1.54, 1.807) is 0 Å². The standard InChI is InChI=1S/C18H17NO7S/c1-25-17(21)11-8-12(18(22)26-2)10-13(9-11)19-16(20)14-6-4-5-7-15(14)27(3,23)24/h4-10H,1-3H3,(H,19,20). The van der Waals surface area contributed by atoms with Crippen LogP contribution in [0.5, 0.6) is 0 Å². The van der Waals surface area contributed by atoms with Crippen LogP contribution in [0.2, 0.25) is 0 Å². The number of hydrogen-bond donors (Lipinski definition) is 1. The summed E-state index contributed by atoms with van der Waals surface area (Å²) >= 11 is 0. The first-order valence-electron chi connectivity index (χ1n) is 7.59. The Labute approximate surface area is 156 Å². The summed E-state index contributed by atoms with van der Waals surface area (Å²) in [6.07, 6.45) is 0.992. The van der Waals surface area contributed by atoms with Gasteiger partial charge >= 0.3 is 11.9 Å². The van der Waals surface area contributed by atoms with Crippen LogP contribution >= 0.6 is 0 Å². The van der Waals surface area contributed by atoms with Crippen molar-refractivity contribution in [3.63, 3.8) is 0 Å². The average Bonchev–Trinajstić information content (AvgIpc) is 2.65. The van der Waals surface area contributed by atoms with Crippen LogP contribution in [-0.4, -0.2) is 46.7 Å². The SMILES string of the molecule is COC(=O)c1cc(NC(=O)c2ccccc2S(C)(=O)=O)cc(C(=O)OC)c1. The van der Waals surface area contributed by atoms with Gasteiger partial charge in [-0.25, -0.2) is 18.0 Å². The van der Waals surface area contributed by atoms with Crippen LogP contribution in [0, 0.1) is 0 Å². The first kappa shape index (κ1) is 20.1. The minimum atomic E-state index is -3.63. The second-order valence-electron chi connectivity index (χ2n) is 5.50. The Bertz CT molecular complexity index is 978. The van der Waals surface area contributed by atoms with Gasteiger partial charge in [0.2, 0.25) is 0 Å². The maximum Gasteiger partial charge on any atom is 0.337 e. The topological polar surface area (TPSA) is 116 Å². The van der Waals surface area contributed by atoms with Crippen molar-refractivity contribution in [3.8, 4) is 0 Å². The van der Waals surface area contributed by atoms with Crippen LogP contribution < -0.4 is 5.32 Å². The first-order chi connectivity index (χ1) is 12.7. The van der Waals surface area contributed by atoms with Gasteiger partial charge in [0, 0.05) is 11.9 Å². The highest BCUT2D eigenvalue weighted by Crippen LogP contribution is 2.20. The summed E-state index contributed by atoms with van der Waals surface area (Å²) in [6, 6.07) is 9.57. The highest BCUT2D eigenvalue weighted by Gasteiger charge is 2.20. The minimum absolute atomic E-state index is 0.0205. The zero-order valence-electron chi connectivity index (χ0n) is 14.8. The Balaban J connectivity index is 2.47. The van der Waals surface area contributed by atoms with Gasteiger partial charge in [-0.2, -0.15) is 0 Å². The van der Waals surface area contributed by atoms with E-state index in [1.165, 1.54) is 56.7 Å². The largest absolute Gasteiger partial charge is 0.465 e. The highest BCUT2D eigenvalue weighted by molar-refractivity contribution is 7.90. The molecule has 0 fully saturated rings. The van der Waals surface area contributed by atoms with Crippen molar-refractivity contribution in [2.24, 2.45) is 0 Å². The number of sulfone groups is 1. The van der Waals surface area contributed by atoms with Crippen molar-refractivity contribution in [2.45, 2.75) is 4.90 Å². The molecule has 0 saturated heterocycles. The summed E-state index contributed by atoms with van der Waals surface area (Å²) in [7, 11) is -1.28. The summed E-state index contributed by atoms with van der Waals surface area (Å²) in [6.45, 7) is 0. The third-order valence-electron chi connectivity index (χ3n) is 3.56. The number of carbonyl (C=O) groups is 3. The van der Waals surface area contributed by atoms with Crippen molar-refractivity contribution >= 4 is 33.4 Å². The van der Waals surface area contributed by atoms with Crippen LogP contribution in [0.3, 0.4) is 0 Å². The molecule has 0 spiro atoms. The molecule has 2 aromatic carbocycles. The summed E-state index contributed by atoms with van der Waals surface area (Å²) < 4.78 is 33.0.